The van der Waals surface area contributed by atoms with E-state index in [0.29, 0.717) is 16.1 Å². The fourth-order valence-corrected chi connectivity index (χ4v) is 5.04. The van der Waals surface area contributed by atoms with Crippen LogP contribution in [-0.2, 0) is 22.2 Å². The fraction of sp³-hybridized carbons (Fsp3) is 0.111. The molecule has 2 aromatic carbocycles. The molecule has 0 bridgehead atoms. The van der Waals surface area contributed by atoms with Gasteiger partial charge in [-0.25, -0.2) is 8.42 Å². The Kier molecular flexibility index (Phi) is 8.24. The van der Waals surface area contributed by atoms with Crippen LogP contribution < -0.4 is 9.67 Å². The molecule has 0 aliphatic heterocycles. The van der Waals surface area contributed by atoms with E-state index in [1.54, 1.807) is 18.2 Å². The summed E-state index contributed by atoms with van der Waals surface area (Å²) >= 11 is 0.826. The zero-order valence-electron chi connectivity index (χ0n) is 16.1. The van der Waals surface area contributed by atoms with Crippen molar-refractivity contribution in [1.82, 2.24) is 4.98 Å². The molecule has 3 N–H and O–H groups in total. The topological polar surface area (TPSA) is 156 Å². The maximum absolute atomic E-state index is 11.6. The number of oxazole rings is 1. The van der Waals surface area contributed by atoms with E-state index >= 15 is 0 Å². The number of carbonyl (C=O) groups is 1. The average molecular weight is 533 g/mol. The molecule has 1 unspecified atom stereocenters. The number of halogens is 1. The van der Waals surface area contributed by atoms with Gasteiger partial charge in [-0.2, -0.15) is 4.98 Å². The number of fused-ring (bicyclic) bond motifs is 1. The van der Waals surface area contributed by atoms with Crippen molar-refractivity contribution in [1.29, 1.82) is 0 Å². The first-order chi connectivity index (χ1) is 14.5. The van der Waals surface area contributed by atoms with Gasteiger partial charge in [-0.3, -0.25) is 0 Å². The average Bonchev–Trinajstić information content (AvgIpc) is 3.12. The van der Waals surface area contributed by atoms with Crippen molar-refractivity contribution < 1.29 is 34.6 Å². The van der Waals surface area contributed by atoms with Gasteiger partial charge in [0.25, 0.3) is 0 Å². The molecule has 1 atom stereocenters. The number of carbonyl (C=O) groups excluding carboxylic acids is 1. The number of amides is 1. The van der Waals surface area contributed by atoms with Gasteiger partial charge in [-0.1, -0.05) is 17.7 Å². The van der Waals surface area contributed by atoms with Crippen LogP contribution in [0.25, 0.3) is 11.1 Å². The minimum absolute atomic E-state index is 0.103. The molecular weight excluding hydrogens is 515 g/mol. The third kappa shape index (κ3) is 6.54. The SMILES string of the molecule is C=CCS(=O)(=O)c1nc2ccc(Cl)cc2o1.CC(=O)Nc1ccccc1[As](=O)(O)OO. The van der Waals surface area contributed by atoms with Crippen LogP contribution in [0.2, 0.25) is 5.02 Å². The molecule has 0 spiro atoms. The number of nitrogens with zero attached hydrogens (tertiary/aromatic N) is 1. The summed E-state index contributed by atoms with van der Waals surface area (Å²) in [6.07, 6.45) is 1.29. The number of sulfone groups is 1. The molecule has 0 aliphatic carbocycles. The summed E-state index contributed by atoms with van der Waals surface area (Å²) in [6.45, 7) is 4.64. The molecule has 0 saturated heterocycles. The number of anilines is 1. The van der Waals surface area contributed by atoms with Gasteiger partial charge >= 0.3 is 93.6 Å². The van der Waals surface area contributed by atoms with Gasteiger partial charge in [0.15, 0.2) is 5.58 Å². The van der Waals surface area contributed by atoms with E-state index in [0.717, 1.165) is 0 Å². The third-order valence-corrected chi connectivity index (χ3v) is 7.74. The van der Waals surface area contributed by atoms with E-state index in [1.165, 1.54) is 37.3 Å². The van der Waals surface area contributed by atoms with Gasteiger partial charge < -0.3 is 4.42 Å². The Labute approximate surface area is 185 Å². The molecule has 166 valence electrons. The van der Waals surface area contributed by atoms with E-state index in [2.05, 4.69) is 20.8 Å². The second-order valence-electron chi connectivity index (χ2n) is 5.96. The molecule has 31 heavy (non-hydrogen) atoms. The number of hydrogen-bond donors (Lipinski definition) is 3. The van der Waals surface area contributed by atoms with Crippen molar-refractivity contribution in [3.05, 3.63) is 60.1 Å². The standard InChI is InChI=1S/C10H8ClNO3S.C8H10AsNO5/c1-2-5-16(13,14)10-12-8-4-3-7(11)6-9(8)15-10;1-6(11)10-8-5-3-2-4-7(8)9(12,13)15-14/h2-4,6H,1,5H2;2-5,14H,1H3,(H,10,11)(H,12,13). The Hall–Kier alpha value is -2.40. The Balaban J connectivity index is 0.000000221. The van der Waals surface area contributed by atoms with Crippen molar-refractivity contribution in [2.24, 2.45) is 0 Å². The number of aromatic nitrogens is 1. The molecular formula is C18H18AsClN2O8S. The van der Waals surface area contributed by atoms with E-state index in [9.17, 15) is 21.0 Å². The Morgan fingerprint density at radius 2 is 2.03 bits per heavy atom. The van der Waals surface area contributed by atoms with Crippen LogP contribution in [0.15, 0.2) is 64.8 Å². The van der Waals surface area contributed by atoms with Crippen molar-refractivity contribution >= 4 is 62.7 Å². The summed E-state index contributed by atoms with van der Waals surface area (Å²) in [5, 5.41) is 10.8. The van der Waals surface area contributed by atoms with Crippen LogP contribution in [-0.4, -0.2) is 48.6 Å². The molecule has 0 fully saturated rings. The second kappa shape index (κ2) is 10.3. The normalized spacial score (nSPS) is 13.0. The van der Waals surface area contributed by atoms with Gasteiger partial charge in [-0.15, -0.1) is 6.58 Å². The van der Waals surface area contributed by atoms with Crippen LogP contribution in [0.1, 0.15) is 6.92 Å². The van der Waals surface area contributed by atoms with Crippen LogP contribution in [0, 0.1) is 0 Å². The second-order valence-corrected chi connectivity index (χ2v) is 11.8. The van der Waals surface area contributed by atoms with E-state index in [-0.39, 0.29) is 26.9 Å². The molecule has 1 aromatic heterocycles. The van der Waals surface area contributed by atoms with Crippen molar-refractivity contribution in [3.63, 3.8) is 0 Å². The first-order valence-corrected chi connectivity index (χ1v) is 13.8. The van der Waals surface area contributed by atoms with E-state index in [4.69, 9.17) is 21.3 Å². The van der Waals surface area contributed by atoms with Crippen LogP contribution in [0.3, 0.4) is 0 Å². The van der Waals surface area contributed by atoms with Gasteiger partial charge in [0.1, 0.15) is 5.52 Å². The Bertz CT molecular complexity index is 1260. The molecule has 1 amide bonds. The minimum atomic E-state index is -4.92. The van der Waals surface area contributed by atoms with Gasteiger partial charge in [0, 0.05) is 11.1 Å². The summed E-state index contributed by atoms with van der Waals surface area (Å²) in [4.78, 5) is 14.7. The number of nitrogens with one attached hydrogen (secondary N) is 1. The predicted octanol–water partition coefficient (Wildman–Crippen LogP) is 2.14. The number of benzene rings is 2. The zero-order valence-corrected chi connectivity index (χ0v) is 19.5. The molecule has 13 heteroatoms. The molecule has 0 aliphatic rings. The van der Waals surface area contributed by atoms with Gasteiger partial charge in [-0.05, 0) is 12.1 Å². The zero-order chi connectivity index (χ0) is 23.2. The number of rotatable bonds is 6. The van der Waals surface area contributed by atoms with Crippen LogP contribution in [0.4, 0.5) is 5.69 Å². The summed E-state index contributed by atoms with van der Waals surface area (Å²) < 4.78 is 52.5. The monoisotopic (exact) mass is 532 g/mol. The van der Waals surface area contributed by atoms with E-state index in [1.807, 2.05) is 0 Å². The Morgan fingerprint density at radius 3 is 2.65 bits per heavy atom. The third-order valence-electron chi connectivity index (χ3n) is 3.56. The molecule has 0 saturated carbocycles. The number of para-hydroxylation sites is 1. The van der Waals surface area contributed by atoms with Gasteiger partial charge in [0.2, 0.25) is 9.84 Å². The summed E-state index contributed by atoms with van der Waals surface area (Å²) in [6, 6.07) is 10.6. The summed E-state index contributed by atoms with van der Waals surface area (Å²) in [5.41, 5.74) is 0.978. The van der Waals surface area contributed by atoms with Gasteiger partial charge in [0.05, 0.1) is 5.75 Å². The fourth-order valence-electron chi connectivity index (χ4n) is 2.30. The molecule has 10 nitrogen and oxygen atoms in total. The van der Waals surface area contributed by atoms with E-state index < -0.39 is 24.0 Å². The molecule has 0 radical (unpaired) electrons. The van der Waals surface area contributed by atoms with Crippen molar-refractivity contribution in [2.75, 3.05) is 11.1 Å². The van der Waals surface area contributed by atoms with Crippen LogP contribution in [0.5, 0.6) is 0 Å². The first kappa shape index (κ1) is 24.9. The first-order valence-electron chi connectivity index (χ1n) is 8.43. The quantitative estimate of drug-likeness (QED) is 0.187. The van der Waals surface area contributed by atoms with Crippen molar-refractivity contribution in [2.45, 2.75) is 12.1 Å². The maximum atomic E-state index is 11.6. The molecule has 3 aromatic rings. The summed E-state index contributed by atoms with van der Waals surface area (Å²) in [7, 11) is -3.52. The predicted molar refractivity (Wildman–Crippen MR) is 114 cm³/mol. The summed E-state index contributed by atoms with van der Waals surface area (Å²) in [5.74, 6) is -0.580. The van der Waals surface area contributed by atoms with Crippen LogP contribution >= 0.6 is 11.6 Å². The number of hydrogen-bond acceptors (Lipinski definition) is 8. The molecule has 1 heterocycles. The molecule has 3 rings (SSSR count). The Morgan fingerprint density at radius 1 is 1.35 bits per heavy atom. The van der Waals surface area contributed by atoms with Crippen molar-refractivity contribution in [3.8, 4) is 0 Å².